The quantitative estimate of drug-likeness (QED) is 0.706. The van der Waals surface area contributed by atoms with Gasteiger partial charge >= 0.3 is 0 Å². The zero-order chi connectivity index (χ0) is 16.3. The van der Waals surface area contributed by atoms with Crippen molar-refractivity contribution in [2.45, 2.75) is 78.7 Å². The van der Waals surface area contributed by atoms with Crippen LogP contribution in [0.25, 0.3) is 0 Å². The first kappa shape index (κ1) is 18.0. The molecule has 0 aromatic rings. The van der Waals surface area contributed by atoms with Crippen LogP contribution in [0.4, 0.5) is 0 Å². The minimum Gasteiger partial charge on any atom is -0.396 e. The molecule has 0 amide bonds. The van der Waals surface area contributed by atoms with Crippen molar-refractivity contribution in [2.75, 3.05) is 6.61 Å². The Morgan fingerprint density at radius 2 is 2.00 bits per heavy atom. The zero-order valence-corrected chi connectivity index (χ0v) is 15.0. The maximum absolute atomic E-state index is 10.4. The van der Waals surface area contributed by atoms with Crippen LogP contribution >= 0.6 is 0 Å². The van der Waals surface area contributed by atoms with E-state index >= 15 is 0 Å². The van der Waals surface area contributed by atoms with Gasteiger partial charge in [0.25, 0.3) is 0 Å². The Hall–Kier alpha value is -0.340. The molecule has 0 radical (unpaired) electrons. The maximum atomic E-state index is 10.4. The molecular weight excluding hydrogens is 272 g/mol. The third-order valence-electron chi connectivity index (χ3n) is 6.89. The molecule has 1 fully saturated rings. The van der Waals surface area contributed by atoms with Gasteiger partial charge in [0, 0.05) is 6.61 Å². The third-order valence-corrected chi connectivity index (χ3v) is 6.89. The Morgan fingerprint density at radius 1 is 1.27 bits per heavy atom. The molecule has 2 aliphatic rings. The lowest BCUT2D eigenvalue weighted by Crippen LogP contribution is -2.40. The first-order valence-corrected chi connectivity index (χ1v) is 9.36. The van der Waals surface area contributed by atoms with Gasteiger partial charge in [0.2, 0.25) is 0 Å². The predicted molar refractivity (Wildman–Crippen MR) is 92.6 cm³/mol. The Bertz CT molecular complexity index is 389. The highest BCUT2D eigenvalue weighted by Crippen LogP contribution is 2.58. The smallest absolute Gasteiger partial charge is 0.0753 e. The second kappa shape index (κ2) is 7.49. The molecule has 0 bridgehead atoms. The molecule has 0 aliphatic heterocycles. The van der Waals surface area contributed by atoms with Crippen molar-refractivity contribution in [3.63, 3.8) is 0 Å². The van der Waals surface area contributed by atoms with Gasteiger partial charge in [0.1, 0.15) is 0 Å². The standard InChI is InChI=1S/C20H36O2/c1-14(13-21)6-5-7-15(2)18-9-8-17(4)20(18)11-10-16(3)19(22)12-20/h10,14-15,17-19,21-22H,5-9,11-13H2,1-4H3. The first-order chi connectivity index (χ1) is 10.4. The highest BCUT2D eigenvalue weighted by Gasteiger charge is 2.50. The summed E-state index contributed by atoms with van der Waals surface area (Å²) >= 11 is 0. The molecule has 1 spiro atoms. The van der Waals surface area contributed by atoms with Crippen LogP contribution in [0.2, 0.25) is 0 Å². The zero-order valence-electron chi connectivity index (χ0n) is 15.0. The molecule has 0 saturated heterocycles. The summed E-state index contributed by atoms with van der Waals surface area (Å²) in [5.74, 6) is 2.65. The molecule has 6 unspecified atom stereocenters. The van der Waals surface area contributed by atoms with E-state index in [-0.39, 0.29) is 6.10 Å². The largest absolute Gasteiger partial charge is 0.396 e. The Morgan fingerprint density at radius 3 is 2.64 bits per heavy atom. The summed E-state index contributed by atoms with van der Waals surface area (Å²) in [5, 5.41) is 19.6. The van der Waals surface area contributed by atoms with Gasteiger partial charge in [-0.2, -0.15) is 0 Å². The molecule has 22 heavy (non-hydrogen) atoms. The molecule has 6 atom stereocenters. The van der Waals surface area contributed by atoms with E-state index in [1.807, 2.05) is 0 Å². The monoisotopic (exact) mass is 308 g/mol. The van der Waals surface area contributed by atoms with Gasteiger partial charge in [-0.3, -0.25) is 0 Å². The second-order valence-electron chi connectivity index (χ2n) is 8.39. The number of allylic oxidation sites excluding steroid dienone is 1. The van der Waals surface area contributed by atoms with Crippen LogP contribution < -0.4 is 0 Å². The Kier molecular flexibility index (Phi) is 6.13. The minimum absolute atomic E-state index is 0.224. The summed E-state index contributed by atoms with van der Waals surface area (Å²) < 4.78 is 0. The van der Waals surface area contributed by atoms with Crippen LogP contribution in [-0.2, 0) is 0 Å². The van der Waals surface area contributed by atoms with Crippen LogP contribution in [0, 0.1) is 29.1 Å². The van der Waals surface area contributed by atoms with Crippen molar-refractivity contribution >= 4 is 0 Å². The number of aliphatic hydroxyl groups excluding tert-OH is 2. The molecule has 0 aromatic heterocycles. The predicted octanol–water partition coefficient (Wildman–Crippen LogP) is 4.55. The summed E-state index contributed by atoms with van der Waals surface area (Å²) in [7, 11) is 0. The van der Waals surface area contributed by atoms with Gasteiger partial charge in [-0.1, -0.05) is 39.7 Å². The van der Waals surface area contributed by atoms with Crippen molar-refractivity contribution in [2.24, 2.45) is 29.1 Å². The molecule has 2 heteroatoms. The van der Waals surface area contributed by atoms with E-state index in [9.17, 15) is 5.11 Å². The summed E-state index contributed by atoms with van der Waals surface area (Å²) in [6.45, 7) is 9.35. The van der Waals surface area contributed by atoms with Gasteiger partial charge in [-0.25, -0.2) is 0 Å². The summed E-state index contributed by atoms with van der Waals surface area (Å²) in [5.41, 5.74) is 1.51. The van der Waals surface area contributed by atoms with Gasteiger partial charge in [0.15, 0.2) is 0 Å². The van der Waals surface area contributed by atoms with Crippen molar-refractivity contribution < 1.29 is 10.2 Å². The van der Waals surface area contributed by atoms with E-state index in [4.69, 9.17) is 5.11 Å². The number of rotatable bonds is 6. The number of hydrogen-bond acceptors (Lipinski definition) is 2. The van der Waals surface area contributed by atoms with Crippen molar-refractivity contribution in [3.8, 4) is 0 Å². The van der Waals surface area contributed by atoms with Crippen LogP contribution in [0.5, 0.6) is 0 Å². The lowest BCUT2D eigenvalue weighted by atomic mass is 9.60. The average Bonchev–Trinajstić information content (AvgIpc) is 2.80. The fourth-order valence-electron chi connectivity index (χ4n) is 5.10. The van der Waals surface area contributed by atoms with Crippen molar-refractivity contribution in [1.82, 2.24) is 0 Å². The lowest BCUT2D eigenvalue weighted by Gasteiger charge is -2.45. The van der Waals surface area contributed by atoms with E-state index in [0.29, 0.717) is 17.9 Å². The topological polar surface area (TPSA) is 40.5 Å². The summed E-state index contributed by atoms with van der Waals surface area (Å²) in [6, 6.07) is 0. The SMILES string of the molecule is CC1=CCC2(CC1O)C(C)CCC2C(C)CCCC(C)CO. The molecular formula is C20H36O2. The Labute approximate surface area is 137 Å². The third kappa shape index (κ3) is 3.59. The van der Waals surface area contributed by atoms with Crippen LogP contribution in [0.15, 0.2) is 11.6 Å². The molecule has 2 N–H and O–H groups in total. The first-order valence-electron chi connectivity index (χ1n) is 9.36. The summed E-state index contributed by atoms with van der Waals surface area (Å²) in [4.78, 5) is 0. The van der Waals surface area contributed by atoms with E-state index in [0.717, 1.165) is 30.6 Å². The van der Waals surface area contributed by atoms with Crippen LogP contribution in [0.3, 0.4) is 0 Å². The molecule has 0 heterocycles. The van der Waals surface area contributed by atoms with Crippen LogP contribution in [-0.4, -0.2) is 22.9 Å². The molecule has 0 aromatic carbocycles. The average molecular weight is 309 g/mol. The highest BCUT2D eigenvalue weighted by molar-refractivity contribution is 5.16. The van der Waals surface area contributed by atoms with Crippen LogP contribution in [0.1, 0.15) is 72.6 Å². The number of hydrogen-bond donors (Lipinski definition) is 2. The van der Waals surface area contributed by atoms with Gasteiger partial charge in [-0.15, -0.1) is 0 Å². The molecule has 2 aliphatic carbocycles. The number of aliphatic hydroxyl groups is 2. The molecule has 2 rings (SSSR count). The summed E-state index contributed by atoms with van der Waals surface area (Å²) in [6.07, 6.45) is 10.5. The molecule has 128 valence electrons. The fourth-order valence-corrected chi connectivity index (χ4v) is 5.10. The highest BCUT2D eigenvalue weighted by atomic mass is 16.3. The van der Waals surface area contributed by atoms with Gasteiger partial charge < -0.3 is 10.2 Å². The van der Waals surface area contributed by atoms with E-state index < -0.39 is 0 Å². The normalized spacial score (nSPS) is 38.1. The van der Waals surface area contributed by atoms with E-state index in [1.54, 1.807) is 0 Å². The Balaban J connectivity index is 2.00. The fraction of sp³-hybridized carbons (Fsp3) is 0.900. The van der Waals surface area contributed by atoms with Gasteiger partial charge in [-0.05, 0) is 73.7 Å². The minimum atomic E-state index is -0.224. The van der Waals surface area contributed by atoms with Crippen molar-refractivity contribution in [3.05, 3.63) is 11.6 Å². The lowest BCUT2D eigenvalue weighted by molar-refractivity contribution is 0.0271. The van der Waals surface area contributed by atoms with Gasteiger partial charge in [0.05, 0.1) is 6.10 Å². The van der Waals surface area contributed by atoms with E-state index in [2.05, 4.69) is 33.8 Å². The maximum Gasteiger partial charge on any atom is 0.0753 e. The molecule has 1 saturated carbocycles. The second-order valence-corrected chi connectivity index (χ2v) is 8.39. The molecule has 2 nitrogen and oxygen atoms in total. The van der Waals surface area contributed by atoms with E-state index in [1.165, 1.54) is 37.7 Å². The van der Waals surface area contributed by atoms with Crippen molar-refractivity contribution in [1.29, 1.82) is 0 Å².